The average molecular weight is 398 g/mol. The molecule has 1 amide bonds. The molecule has 0 heterocycles. The first kappa shape index (κ1) is 26.9. The van der Waals surface area contributed by atoms with Gasteiger partial charge in [0, 0.05) is 12.3 Å². The van der Waals surface area contributed by atoms with Crippen molar-refractivity contribution in [3.05, 3.63) is 0 Å². The number of aliphatic carboxylic acids is 1. The molecule has 0 saturated carbocycles. The molecule has 0 radical (unpaired) electrons. The molecule has 4 nitrogen and oxygen atoms in total. The Hall–Kier alpha value is -1.06. The van der Waals surface area contributed by atoms with Crippen LogP contribution >= 0.6 is 0 Å². The Kier molecular flexibility index (Phi) is 19.9. The van der Waals surface area contributed by atoms with Gasteiger partial charge in [0.1, 0.15) is 0 Å². The van der Waals surface area contributed by atoms with Crippen LogP contribution < -0.4 is 5.73 Å². The first-order valence-corrected chi connectivity index (χ1v) is 12.1. The second-order valence-electron chi connectivity index (χ2n) is 8.48. The van der Waals surface area contributed by atoms with Crippen LogP contribution in [0, 0.1) is 5.92 Å². The lowest BCUT2D eigenvalue weighted by atomic mass is 9.93. The van der Waals surface area contributed by atoms with Crippen molar-refractivity contribution in [3.63, 3.8) is 0 Å². The number of amides is 1. The van der Waals surface area contributed by atoms with Crippen molar-refractivity contribution in [2.45, 2.75) is 135 Å². The van der Waals surface area contributed by atoms with Crippen LogP contribution in [0.2, 0.25) is 0 Å². The normalized spacial score (nSPS) is 12.2. The van der Waals surface area contributed by atoms with Gasteiger partial charge in [-0.1, -0.05) is 110 Å². The summed E-state index contributed by atoms with van der Waals surface area (Å²) in [6.45, 7) is 2.25. The summed E-state index contributed by atoms with van der Waals surface area (Å²) >= 11 is 0. The first-order chi connectivity index (χ1) is 13.6. The van der Waals surface area contributed by atoms with Crippen molar-refractivity contribution in [2.24, 2.45) is 11.7 Å². The highest BCUT2D eigenvalue weighted by Crippen LogP contribution is 2.19. The molecule has 0 aromatic rings. The number of carboxylic acids is 1. The maximum atomic E-state index is 11.7. The lowest BCUT2D eigenvalue weighted by molar-refractivity contribution is -0.137. The minimum Gasteiger partial charge on any atom is -0.481 e. The third kappa shape index (κ3) is 19.7. The van der Waals surface area contributed by atoms with E-state index in [1.165, 1.54) is 77.0 Å². The van der Waals surface area contributed by atoms with Gasteiger partial charge in [0.25, 0.3) is 0 Å². The third-order valence-corrected chi connectivity index (χ3v) is 5.75. The third-order valence-electron chi connectivity index (χ3n) is 5.75. The fraction of sp³-hybridized carbons (Fsp3) is 0.917. The van der Waals surface area contributed by atoms with Crippen molar-refractivity contribution in [3.8, 4) is 0 Å². The molecule has 0 aliphatic heterocycles. The van der Waals surface area contributed by atoms with Gasteiger partial charge in [-0.2, -0.15) is 0 Å². The Labute approximate surface area is 174 Å². The second-order valence-corrected chi connectivity index (χ2v) is 8.48. The molecule has 0 aromatic heterocycles. The zero-order valence-electron chi connectivity index (χ0n) is 18.6. The molecule has 0 bridgehead atoms. The van der Waals surface area contributed by atoms with Gasteiger partial charge in [-0.05, 0) is 19.3 Å². The lowest BCUT2D eigenvalue weighted by Crippen LogP contribution is -2.23. The van der Waals surface area contributed by atoms with Gasteiger partial charge in [0.05, 0.1) is 0 Å². The summed E-state index contributed by atoms with van der Waals surface area (Å²) in [4.78, 5) is 22.1. The molecule has 0 saturated heterocycles. The number of unbranched alkanes of at least 4 members (excludes halogenated alkanes) is 15. The molecular weight excluding hydrogens is 350 g/mol. The topological polar surface area (TPSA) is 80.4 Å². The summed E-state index contributed by atoms with van der Waals surface area (Å²) in [5.74, 6) is -0.731. The molecule has 0 aliphatic carbocycles. The number of carboxylic acid groups (broad SMARTS) is 1. The van der Waals surface area contributed by atoms with Crippen LogP contribution in [0.15, 0.2) is 0 Å². The van der Waals surface area contributed by atoms with Crippen LogP contribution in [0.3, 0.4) is 0 Å². The molecule has 0 aromatic carbocycles. The average Bonchev–Trinajstić information content (AvgIpc) is 2.65. The van der Waals surface area contributed by atoms with E-state index in [1.54, 1.807) is 0 Å². The van der Waals surface area contributed by atoms with Gasteiger partial charge in [-0.3, -0.25) is 9.59 Å². The van der Waals surface area contributed by atoms with Gasteiger partial charge >= 0.3 is 5.97 Å². The monoisotopic (exact) mass is 397 g/mol. The number of nitrogens with two attached hydrogens (primary N) is 1. The predicted molar refractivity (Wildman–Crippen MR) is 118 cm³/mol. The molecule has 4 heteroatoms. The maximum Gasteiger partial charge on any atom is 0.303 e. The van der Waals surface area contributed by atoms with Gasteiger partial charge in [0.2, 0.25) is 5.91 Å². The van der Waals surface area contributed by atoms with E-state index in [0.717, 1.165) is 44.9 Å². The SMILES string of the molecule is CCCCCCCCCCCC(CCCCCCCCCCC(=O)O)C(N)=O. The summed E-state index contributed by atoms with van der Waals surface area (Å²) in [7, 11) is 0. The number of carbonyl (C=O) groups excluding carboxylic acids is 1. The van der Waals surface area contributed by atoms with E-state index < -0.39 is 5.97 Å². The number of carbonyl (C=O) groups is 2. The van der Waals surface area contributed by atoms with Crippen LogP contribution in [0.4, 0.5) is 0 Å². The van der Waals surface area contributed by atoms with E-state index >= 15 is 0 Å². The van der Waals surface area contributed by atoms with E-state index in [9.17, 15) is 9.59 Å². The Morgan fingerprint density at radius 2 is 1.00 bits per heavy atom. The van der Waals surface area contributed by atoms with E-state index in [0.29, 0.717) is 6.42 Å². The Morgan fingerprint density at radius 1 is 0.643 bits per heavy atom. The Morgan fingerprint density at radius 3 is 1.36 bits per heavy atom. The molecule has 3 N–H and O–H groups in total. The molecule has 0 fully saturated rings. The van der Waals surface area contributed by atoms with E-state index in [2.05, 4.69) is 6.92 Å². The molecule has 1 unspecified atom stereocenters. The highest BCUT2D eigenvalue weighted by Gasteiger charge is 2.14. The second kappa shape index (κ2) is 20.7. The van der Waals surface area contributed by atoms with Crippen LogP contribution in [-0.2, 0) is 9.59 Å². The van der Waals surface area contributed by atoms with Crippen LogP contribution in [0.1, 0.15) is 135 Å². The van der Waals surface area contributed by atoms with Gasteiger partial charge in [-0.15, -0.1) is 0 Å². The standard InChI is InChI=1S/C24H47NO3/c1-2-3-4-5-6-7-10-13-16-19-22(24(25)28)20-17-14-11-8-9-12-15-18-21-23(26)27/h22H,2-21H2,1H3,(H2,25,28)(H,26,27). The minimum absolute atomic E-state index is 0.0700. The molecule has 0 aliphatic rings. The van der Waals surface area contributed by atoms with Crippen molar-refractivity contribution in [1.82, 2.24) is 0 Å². The zero-order valence-corrected chi connectivity index (χ0v) is 18.6. The fourth-order valence-electron chi connectivity index (χ4n) is 3.86. The highest BCUT2D eigenvalue weighted by molar-refractivity contribution is 5.76. The molecule has 0 spiro atoms. The van der Waals surface area contributed by atoms with Crippen molar-refractivity contribution < 1.29 is 14.7 Å². The van der Waals surface area contributed by atoms with Crippen molar-refractivity contribution in [2.75, 3.05) is 0 Å². The van der Waals surface area contributed by atoms with Crippen molar-refractivity contribution >= 4 is 11.9 Å². The number of primary amides is 1. The van der Waals surface area contributed by atoms with E-state index in [4.69, 9.17) is 10.8 Å². The summed E-state index contributed by atoms with van der Waals surface area (Å²) in [6, 6.07) is 0. The molecule has 28 heavy (non-hydrogen) atoms. The Bertz CT molecular complexity index is 371. The zero-order chi connectivity index (χ0) is 20.9. The summed E-state index contributed by atoms with van der Waals surface area (Å²) in [5, 5.41) is 8.59. The molecule has 166 valence electrons. The fourth-order valence-corrected chi connectivity index (χ4v) is 3.86. The largest absolute Gasteiger partial charge is 0.481 e. The highest BCUT2D eigenvalue weighted by atomic mass is 16.4. The maximum absolute atomic E-state index is 11.7. The van der Waals surface area contributed by atoms with E-state index in [-0.39, 0.29) is 11.8 Å². The summed E-state index contributed by atoms with van der Waals surface area (Å²) in [5.41, 5.74) is 5.60. The van der Waals surface area contributed by atoms with Crippen LogP contribution in [0.5, 0.6) is 0 Å². The molecule has 1 atom stereocenters. The lowest BCUT2D eigenvalue weighted by Gasteiger charge is -2.13. The van der Waals surface area contributed by atoms with Crippen LogP contribution in [0.25, 0.3) is 0 Å². The minimum atomic E-state index is -0.689. The number of hydrogen-bond donors (Lipinski definition) is 2. The summed E-state index contributed by atoms with van der Waals surface area (Å²) < 4.78 is 0. The van der Waals surface area contributed by atoms with Gasteiger partial charge in [-0.25, -0.2) is 0 Å². The molecule has 0 rings (SSSR count). The predicted octanol–water partition coefficient (Wildman–Crippen LogP) is 6.99. The first-order valence-electron chi connectivity index (χ1n) is 12.1. The number of hydrogen-bond acceptors (Lipinski definition) is 2. The van der Waals surface area contributed by atoms with Crippen LogP contribution in [-0.4, -0.2) is 17.0 Å². The number of rotatable bonds is 22. The quantitative estimate of drug-likeness (QED) is 0.193. The molecular formula is C24H47NO3. The van der Waals surface area contributed by atoms with Gasteiger partial charge in [0.15, 0.2) is 0 Å². The van der Waals surface area contributed by atoms with Gasteiger partial charge < -0.3 is 10.8 Å². The van der Waals surface area contributed by atoms with E-state index in [1.807, 2.05) is 0 Å². The summed E-state index contributed by atoms with van der Waals surface area (Å²) in [6.07, 6.45) is 22.9. The Balaban J connectivity index is 3.48. The van der Waals surface area contributed by atoms with Crippen molar-refractivity contribution in [1.29, 1.82) is 0 Å². The smallest absolute Gasteiger partial charge is 0.303 e.